The standard InChI is InChI=1S/C14H21ClN4O2/c1-2-7-18(10-11-3-5-16-6-4-11)14-13(15)8-12(9-17-14)19(20)21/h8-9,11,16H,2-7,10H2,1H3. The summed E-state index contributed by atoms with van der Waals surface area (Å²) in [5.41, 5.74) is -0.0675. The SMILES string of the molecule is CCCN(CC1CCNCC1)c1ncc([N+](=O)[O-])cc1Cl. The molecule has 1 saturated heterocycles. The van der Waals surface area contributed by atoms with Crippen LogP contribution in [0.5, 0.6) is 0 Å². The summed E-state index contributed by atoms with van der Waals surface area (Å²) in [5, 5.41) is 14.5. The van der Waals surface area contributed by atoms with E-state index in [4.69, 9.17) is 11.6 Å². The van der Waals surface area contributed by atoms with Crippen LogP contribution < -0.4 is 10.2 Å². The van der Waals surface area contributed by atoms with Crippen LogP contribution in [0, 0.1) is 16.0 Å². The number of halogens is 1. The fourth-order valence-corrected chi connectivity index (χ4v) is 2.96. The molecular weight excluding hydrogens is 292 g/mol. The Morgan fingerprint density at radius 2 is 2.24 bits per heavy atom. The third-order valence-corrected chi connectivity index (χ3v) is 4.03. The molecule has 7 heteroatoms. The highest BCUT2D eigenvalue weighted by Gasteiger charge is 2.20. The largest absolute Gasteiger partial charge is 0.355 e. The van der Waals surface area contributed by atoms with Crippen LogP contribution in [-0.4, -0.2) is 36.1 Å². The van der Waals surface area contributed by atoms with Crippen molar-refractivity contribution in [2.75, 3.05) is 31.1 Å². The number of hydrogen-bond acceptors (Lipinski definition) is 5. The topological polar surface area (TPSA) is 71.3 Å². The summed E-state index contributed by atoms with van der Waals surface area (Å²) in [6.45, 7) is 5.96. The number of hydrogen-bond donors (Lipinski definition) is 1. The van der Waals surface area contributed by atoms with Crippen LogP contribution in [0.4, 0.5) is 11.5 Å². The molecule has 0 aromatic carbocycles. The number of aromatic nitrogens is 1. The minimum absolute atomic E-state index is 0.0675. The Morgan fingerprint density at radius 3 is 2.81 bits per heavy atom. The Labute approximate surface area is 129 Å². The molecule has 21 heavy (non-hydrogen) atoms. The summed E-state index contributed by atoms with van der Waals surface area (Å²) in [7, 11) is 0. The van der Waals surface area contributed by atoms with Gasteiger partial charge in [-0.2, -0.15) is 0 Å². The van der Waals surface area contributed by atoms with Crippen molar-refractivity contribution >= 4 is 23.1 Å². The predicted octanol–water partition coefficient (Wildman–Crippen LogP) is 2.86. The highest BCUT2D eigenvalue weighted by Crippen LogP contribution is 2.28. The summed E-state index contributed by atoms with van der Waals surface area (Å²) >= 11 is 6.20. The van der Waals surface area contributed by atoms with Crippen LogP contribution in [0.25, 0.3) is 0 Å². The van der Waals surface area contributed by atoms with Crippen LogP contribution in [-0.2, 0) is 0 Å². The van der Waals surface area contributed by atoms with Crippen molar-refractivity contribution in [2.45, 2.75) is 26.2 Å². The first-order chi connectivity index (χ1) is 10.1. The highest BCUT2D eigenvalue weighted by atomic mass is 35.5. The summed E-state index contributed by atoms with van der Waals surface area (Å²) in [6, 6.07) is 1.38. The van der Waals surface area contributed by atoms with Gasteiger partial charge in [-0.3, -0.25) is 10.1 Å². The van der Waals surface area contributed by atoms with Gasteiger partial charge in [0.25, 0.3) is 5.69 Å². The molecule has 6 nitrogen and oxygen atoms in total. The zero-order valence-corrected chi connectivity index (χ0v) is 13.0. The Balaban J connectivity index is 2.14. The molecule has 1 aromatic rings. The van der Waals surface area contributed by atoms with Gasteiger partial charge in [-0.25, -0.2) is 4.98 Å². The second-order valence-electron chi connectivity index (χ2n) is 5.40. The lowest BCUT2D eigenvalue weighted by Crippen LogP contribution is -2.37. The van der Waals surface area contributed by atoms with Gasteiger partial charge in [0, 0.05) is 19.2 Å². The molecule has 1 fully saturated rings. The first-order valence-electron chi connectivity index (χ1n) is 7.37. The summed E-state index contributed by atoms with van der Waals surface area (Å²) in [4.78, 5) is 16.7. The smallest absolute Gasteiger partial charge is 0.289 e. The van der Waals surface area contributed by atoms with Crippen LogP contribution in [0.3, 0.4) is 0 Å². The van der Waals surface area contributed by atoms with Crippen molar-refractivity contribution in [3.63, 3.8) is 0 Å². The van der Waals surface area contributed by atoms with Gasteiger partial charge in [0.2, 0.25) is 0 Å². The average Bonchev–Trinajstić information content (AvgIpc) is 2.48. The Hall–Kier alpha value is -1.40. The van der Waals surface area contributed by atoms with Crippen LogP contribution in [0.15, 0.2) is 12.3 Å². The summed E-state index contributed by atoms with van der Waals surface area (Å²) in [5.74, 6) is 1.27. The van der Waals surface area contributed by atoms with Crippen molar-refractivity contribution in [2.24, 2.45) is 5.92 Å². The van der Waals surface area contributed by atoms with E-state index >= 15 is 0 Å². The third-order valence-electron chi connectivity index (χ3n) is 3.75. The number of rotatable bonds is 6. The zero-order valence-electron chi connectivity index (χ0n) is 12.2. The molecule has 0 bridgehead atoms. The van der Waals surface area contributed by atoms with E-state index in [2.05, 4.69) is 22.1 Å². The normalized spacial score (nSPS) is 15.9. The van der Waals surface area contributed by atoms with Crippen molar-refractivity contribution in [3.8, 4) is 0 Å². The lowest BCUT2D eigenvalue weighted by atomic mass is 9.97. The van der Waals surface area contributed by atoms with E-state index in [0.29, 0.717) is 16.8 Å². The van der Waals surface area contributed by atoms with Gasteiger partial charge < -0.3 is 10.2 Å². The monoisotopic (exact) mass is 312 g/mol. The van der Waals surface area contributed by atoms with Gasteiger partial charge >= 0.3 is 0 Å². The number of anilines is 1. The minimum atomic E-state index is -0.473. The van der Waals surface area contributed by atoms with E-state index < -0.39 is 4.92 Å². The van der Waals surface area contributed by atoms with E-state index in [9.17, 15) is 10.1 Å². The van der Waals surface area contributed by atoms with Gasteiger partial charge in [0.15, 0.2) is 0 Å². The van der Waals surface area contributed by atoms with E-state index in [0.717, 1.165) is 45.4 Å². The molecular formula is C14H21ClN4O2. The number of pyridine rings is 1. The summed E-state index contributed by atoms with van der Waals surface area (Å²) < 4.78 is 0. The number of piperidine rings is 1. The van der Waals surface area contributed by atoms with E-state index in [1.54, 1.807) is 0 Å². The molecule has 0 aliphatic carbocycles. The lowest BCUT2D eigenvalue weighted by molar-refractivity contribution is -0.385. The fourth-order valence-electron chi connectivity index (χ4n) is 2.68. The predicted molar refractivity (Wildman–Crippen MR) is 84.0 cm³/mol. The second kappa shape index (κ2) is 7.56. The first kappa shape index (κ1) is 16.0. The molecule has 116 valence electrons. The van der Waals surface area contributed by atoms with Gasteiger partial charge in [-0.1, -0.05) is 18.5 Å². The fraction of sp³-hybridized carbons (Fsp3) is 0.643. The third kappa shape index (κ3) is 4.28. The molecule has 0 unspecified atom stereocenters. The Bertz CT molecular complexity index is 492. The average molecular weight is 313 g/mol. The van der Waals surface area contributed by atoms with Gasteiger partial charge in [-0.05, 0) is 38.3 Å². The number of nitro groups is 1. The molecule has 2 rings (SSSR count). The van der Waals surface area contributed by atoms with Gasteiger partial charge in [0.1, 0.15) is 12.0 Å². The van der Waals surface area contributed by atoms with Crippen LogP contribution in [0.2, 0.25) is 5.02 Å². The van der Waals surface area contributed by atoms with Crippen molar-refractivity contribution in [1.29, 1.82) is 0 Å². The molecule has 1 aromatic heterocycles. The molecule has 1 aliphatic heterocycles. The molecule has 0 spiro atoms. The molecule has 2 heterocycles. The van der Waals surface area contributed by atoms with Crippen molar-refractivity contribution < 1.29 is 4.92 Å². The Kier molecular flexibility index (Phi) is 5.76. The number of nitrogens with zero attached hydrogens (tertiary/aromatic N) is 3. The molecule has 0 radical (unpaired) electrons. The van der Waals surface area contributed by atoms with Gasteiger partial charge in [-0.15, -0.1) is 0 Å². The van der Waals surface area contributed by atoms with Crippen molar-refractivity contribution in [3.05, 3.63) is 27.4 Å². The minimum Gasteiger partial charge on any atom is -0.355 e. The molecule has 0 amide bonds. The molecule has 1 N–H and O–H groups in total. The molecule has 1 aliphatic rings. The second-order valence-corrected chi connectivity index (χ2v) is 5.80. The summed E-state index contributed by atoms with van der Waals surface area (Å²) in [6.07, 6.45) is 4.56. The Morgan fingerprint density at radius 1 is 1.52 bits per heavy atom. The van der Waals surface area contributed by atoms with E-state index in [-0.39, 0.29) is 5.69 Å². The van der Waals surface area contributed by atoms with E-state index in [1.807, 2.05) is 0 Å². The maximum absolute atomic E-state index is 10.8. The quantitative estimate of drug-likeness (QED) is 0.646. The van der Waals surface area contributed by atoms with Gasteiger partial charge in [0.05, 0.1) is 9.95 Å². The maximum atomic E-state index is 10.8. The van der Waals surface area contributed by atoms with Crippen LogP contribution >= 0.6 is 11.6 Å². The van der Waals surface area contributed by atoms with Crippen LogP contribution in [0.1, 0.15) is 26.2 Å². The molecule has 0 atom stereocenters. The lowest BCUT2D eigenvalue weighted by Gasteiger charge is -2.31. The maximum Gasteiger partial charge on any atom is 0.289 e. The number of nitrogens with one attached hydrogen (secondary N) is 1. The zero-order chi connectivity index (χ0) is 15.2. The van der Waals surface area contributed by atoms with E-state index in [1.165, 1.54) is 12.3 Å². The highest BCUT2D eigenvalue weighted by molar-refractivity contribution is 6.33. The first-order valence-corrected chi connectivity index (χ1v) is 7.75. The molecule has 0 saturated carbocycles. The van der Waals surface area contributed by atoms with Crippen molar-refractivity contribution in [1.82, 2.24) is 10.3 Å².